The van der Waals surface area contributed by atoms with Gasteiger partial charge in [-0.25, -0.2) is 4.39 Å². The molecule has 1 spiro atoms. The third kappa shape index (κ3) is 4.99. The highest BCUT2D eigenvalue weighted by molar-refractivity contribution is 5.85. The molecule has 2 saturated heterocycles. The molecule has 1 N–H and O–H groups in total. The molecule has 1 saturated carbocycles. The Morgan fingerprint density at radius 3 is 2.59 bits per heavy atom. The predicted octanol–water partition coefficient (Wildman–Crippen LogP) is 5.55. The molecule has 0 atom stereocenters. The maximum Gasteiger partial charge on any atom is 0.309 e. The summed E-state index contributed by atoms with van der Waals surface area (Å²) in [5, 5.41) is 14.0. The number of aryl methyl sites for hydroxylation is 1. The van der Waals surface area contributed by atoms with Gasteiger partial charge in [-0.3, -0.25) is 9.69 Å². The van der Waals surface area contributed by atoms with Crippen molar-refractivity contribution in [1.29, 1.82) is 0 Å². The number of halogens is 1. The molecule has 2 aromatic rings. The molecular weight excluding hydrogens is 497 g/mol. The zero-order valence-electron chi connectivity index (χ0n) is 23.1. The van der Waals surface area contributed by atoms with E-state index in [-0.39, 0.29) is 11.4 Å². The van der Waals surface area contributed by atoms with E-state index in [4.69, 9.17) is 9.57 Å². The minimum Gasteiger partial charge on any atom is -0.493 e. The van der Waals surface area contributed by atoms with Gasteiger partial charge in [-0.2, -0.15) is 0 Å². The van der Waals surface area contributed by atoms with Crippen molar-refractivity contribution in [1.82, 2.24) is 9.80 Å². The fourth-order valence-electron chi connectivity index (χ4n) is 6.33. The number of rotatable bonds is 7. The number of ether oxygens (including phenoxy) is 1. The van der Waals surface area contributed by atoms with Crippen LogP contribution in [0.3, 0.4) is 0 Å². The van der Waals surface area contributed by atoms with E-state index in [9.17, 15) is 14.3 Å². The molecular formula is C31H38FN3O4. The molecule has 3 fully saturated rings. The summed E-state index contributed by atoms with van der Waals surface area (Å²) in [6.07, 6.45) is 4.36. The number of hydrogen-bond donors (Lipinski definition) is 1. The number of oxime groups is 1. The topological polar surface area (TPSA) is 74.6 Å². The Morgan fingerprint density at radius 2 is 1.95 bits per heavy atom. The molecule has 0 amide bonds. The average molecular weight is 536 g/mol. The lowest BCUT2D eigenvalue weighted by Crippen LogP contribution is -2.61. The second-order valence-corrected chi connectivity index (χ2v) is 12.2. The summed E-state index contributed by atoms with van der Waals surface area (Å²) in [6, 6.07) is 9.82. The van der Waals surface area contributed by atoms with Gasteiger partial charge >= 0.3 is 5.97 Å². The lowest BCUT2D eigenvalue weighted by Gasteiger charge is -2.45. The normalized spacial score (nSPS) is 21.8. The molecule has 0 bridgehead atoms. The Kier molecular flexibility index (Phi) is 6.57. The van der Waals surface area contributed by atoms with Gasteiger partial charge in [0, 0.05) is 38.3 Å². The van der Waals surface area contributed by atoms with Crippen LogP contribution in [0, 0.1) is 18.2 Å². The van der Waals surface area contributed by atoms with Gasteiger partial charge in [0.2, 0.25) is 0 Å². The maximum absolute atomic E-state index is 14.0. The summed E-state index contributed by atoms with van der Waals surface area (Å²) in [5.74, 6) is 1.45. The first-order valence-electron chi connectivity index (χ1n) is 14.2. The van der Waals surface area contributed by atoms with E-state index < -0.39 is 11.4 Å². The van der Waals surface area contributed by atoms with Gasteiger partial charge in [0.1, 0.15) is 17.4 Å². The van der Waals surface area contributed by atoms with Crippen molar-refractivity contribution < 1.29 is 23.9 Å². The molecule has 0 aromatic heterocycles. The Bertz CT molecular complexity index is 1310. The highest BCUT2D eigenvalue weighted by atomic mass is 19.1. The second kappa shape index (κ2) is 9.81. The third-order valence-corrected chi connectivity index (χ3v) is 8.96. The van der Waals surface area contributed by atoms with Crippen LogP contribution in [-0.4, -0.2) is 65.1 Å². The van der Waals surface area contributed by atoms with Crippen LogP contribution < -0.4 is 4.74 Å². The van der Waals surface area contributed by atoms with Gasteiger partial charge in [0.25, 0.3) is 0 Å². The fourth-order valence-corrected chi connectivity index (χ4v) is 6.33. The predicted molar refractivity (Wildman–Crippen MR) is 147 cm³/mol. The first-order chi connectivity index (χ1) is 18.7. The van der Waals surface area contributed by atoms with Crippen molar-refractivity contribution in [2.24, 2.45) is 10.6 Å². The maximum atomic E-state index is 14.0. The van der Waals surface area contributed by atoms with Crippen LogP contribution in [0.4, 0.5) is 4.39 Å². The van der Waals surface area contributed by atoms with E-state index in [0.29, 0.717) is 44.0 Å². The molecule has 7 nitrogen and oxygen atoms in total. The van der Waals surface area contributed by atoms with Crippen molar-refractivity contribution in [2.75, 3.05) is 32.8 Å². The number of carbonyl (C=O) groups is 1. The lowest BCUT2D eigenvalue weighted by molar-refractivity contribution is -0.150. The molecule has 4 aliphatic rings. The standard InChI is InChI=1S/C31H38FN3O4/c1-4-38-26-15-21(14-24(22-5-6-22)28(26)23-7-8-25(32)20(2)13-23)17-34-18-31(19-34)16-27(33-39-31)35-11-9-30(3,10-12-35)29(36)37/h7-8,13-15,22H,4-6,9-12,16-19H2,1-3H3,(H,36,37). The Morgan fingerprint density at radius 1 is 1.21 bits per heavy atom. The minimum absolute atomic E-state index is 0.187. The highest BCUT2D eigenvalue weighted by Gasteiger charge is 2.51. The fraction of sp³-hybridized carbons (Fsp3) is 0.548. The van der Waals surface area contributed by atoms with Crippen molar-refractivity contribution in [3.8, 4) is 16.9 Å². The second-order valence-electron chi connectivity index (χ2n) is 12.2. The van der Waals surface area contributed by atoms with Gasteiger partial charge in [0.15, 0.2) is 5.60 Å². The monoisotopic (exact) mass is 535 g/mol. The molecule has 208 valence electrons. The quantitative estimate of drug-likeness (QED) is 0.501. The van der Waals surface area contributed by atoms with Gasteiger partial charge in [0.05, 0.1) is 18.4 Å². The molecule has 0 unspecified atom stereocenters. The van der Waals surface area contributed by atoms with Crippen molar-refractivity contribution in [3.05, 3.63) is 52.8 Å². The van der Waals surface area contributed by atoms with Crippen LogP contribution in [0.1, 0.15) is 68.6 Å². The number of likely N-dealkylation sites (tertiary alicyclic amines) is 2. The number of carboxylic acids is 1. The number of hydrogen-bond acceptors (Lipinski definition) is 6. The Labute approximate surface area is 229 Å². The van der Waals surface area contributed by atoms with E-state index >= 15 is 0 Å². The van der Waals surface area contributed by atoms with E-state index in [1.165, 1.54) is 24.0 Å². The van der Waals surface area contributed by atoms with E-state index in [1.807, 2.05) is 32.9 Å². The first-order valence-corrected chi connectivity index (χ1v) is 14.2. The number of benzene rings is 2. The summed E-state index contributed by atoms with van der Waals surface area (Å²) in [7, 11) is 0. The average Bonchev–Trinajstić information content (AvgIpc) is 3.64. The molecule has 1 aliphatic carbocycles. The van der Waals surface area contributed by atoms with E-state index in [2.05, 4.69) is 27.1 Å². The number of carboxylic acid groups (broad SMARTS) is 1. The van der Waals surface area contributed by atoms with Crippen molar-refractivity contribution in [3.63, 3.8) is 0 Å². The van der Waals surface area contributed by atoms with Gasteiger partial charge in [-0.1, -0.05) is 17.3 Å². The Hall–Kier alpha value is -3.13. The van der Waals surface area contributed by atoms with Crippen LogP contribution in [0.5, 0.6) is 5.75 Å². The van der Waals surface area contributed by atoms with Crippen LogP contribution in [-0.2, 0) is 16.2 Å². The summed E-state index contributed by atoms with van der Waals surface area (Å²) in [5.41, 5.74) is 4.36. The number of piperidine rings is 1. The smallest absolute Gasteiger partial charge is 0.309 e. The van der Waals surface area contributed by atoms with Crippen LogP contribution in [0.15, 0.2) is 35.5 Å². The summed E-state index contributed by atoms with van der Waals surface area (Å²) in [4.78, 5) is 22.1. The number of nitrogens with zero attached hydrogens (tertiary/aromatic N) is 3. The number of aliphatic carboxylic acids is 1. The SMILES string of the molecule is CCOc1cc(CN2CC3(CC(N4CCC(C)(C(=O)O)CC4)=NO3)C2)cc(C2CC2)c1-c1ccc(F)c(C)c1. The van der Waals surface area contributed by atoms with E-state index in [0.717, 1.165) is 48.8 Å². The molecule has 3 heterocycles. The summed E-state index contributed by atoms with van der Waals surface area (Å²) in [6.45, 7) is 10.1. The van der Waals surface area contributed by atoms with Crippen LogP contribution >= 0.6 is 0 Å². The van der Waals surface area contributed by atoms with Crippen LogP contribution in [0.25, 0.3) is 11.1 Å². The van der Waals surface area contributed by atoms with Crippen LogP contribution in [0.2, 0.25) is 0 Å². The lowest BCUT2D eigenvalue weighted by atomic mass is 9.80. The minimum atomic E-state index is -0.712. The largest absolute Gasteiger partial charge is 0.493 e. The molecule has 39 heavy (non-hydrogen) atoms. The number of amidine groups is 1. The zero-order valence-corrected chi connectivity index (χ0v) is 23.1. The summed E-state index contributed by atoms with van der Waals surface area (Å²) < 4.78 is 20.2. The van der Waals surface area contributed by atoms with Crippen molar-refractivity contribution >= 4 is 11.8 Å². The zero-order chi connectivity index (χ0) is 27.4. The third-order valence-electron chi connectivity index (χ3n) is 8.96. The molecule has 6 rings (SSSR count). The molecule has 8 heteroatoms. The summed E-state index contributed by atoms with van der Waals surface area (Å²) >= 11 is 0. The Balaban J connectivity index is 1.13. The van der Waals surface area contributed by atoms with Gasteiger partial charge in [-0.15, -0.1) is 0 Å². The first kappa shape index (κ1) is 26.1. The molecule has 2 aromatic carbocycles. The molecule has 3 aliphatic heterocycles. The highest BCUT2D eigenvalue weighted by Crippen LogP contribution is 2.49. The van der Waals surface area contributed by atoms with Gasteiger partial charge in [-0.05, 0) is 92.8 Å². The van der Waals surface area contributed by atoms with Crippen molar-refractivity contribution in [2.45, 2.75) is 70.9 Å². The van der Waals surface area contributed by atoms with E-state index in [1.54, 1.807) is 6.07 Å². The van der Waals surface area contributed by atoms with Gasteiger partial charge < -0.3 is 19.6 Å². The molecule has 0 radical (unpaired) electrons.